The van der Waals surface area contributed by atoms with E-state index in [0.29, 0.717) is 23.6 Å². The Morgan fingerprint density at radius 1 is 1.23 bits per heavy atom. The van der Waals surface area contributed by atoms with Crippen molar-refractivity contribution in [1.82, 2.24) is 15.5 Å². The average molecular weight is 421 g/mol. The average Bonchev–Trinajstić information content (AvgIpc) is 3.16. The number of ether oxygens (including phenoxy) is 2. The Hall–Kier alpha value is -3.81. The van der Waals surface area contributed by atoms with E-state index in [-0.39, 0.29) is 19.1 Å². The molecule has 0 saturated heterocycles. The Morgan fingerprint density at radius 3 is 2.74 bits per heavy atom. The number of carbonyl (C=O) groups is 3. The minimum Gasteiger partial charge on any atom is -0.497 e. The number of amides is 3. The first-order valence-electron chi connectivity index (χ1n) is 9.90. The maximum absolute atomic E-state index is 12.8. The van der Waals surface area contributed by atoms with Crippen molar-refractivity contribution < 1.29 is 23.9 Å². The standard InChI is InChI=1S/C23H23N3O5/c1-14-6-8-16(9-7-14)21-20-18(13-31-22(20)28)26(23(29)25-21)12-19(27)24-11-15-4-3-5-17(10-15)30-2/h3-10,21H,11-13H2,1-2H3,(H,24,27)(H,25,29)/t21-/m1/s1. The molecule has 8 heteroatoms. The molecule has 0 saturated carbocycles. The third kappa shape index (κ3) is 4.23. The summed E-state index contributed by atoms with van der Waals surface area (Å²) in [6, 6.07) is 13.9. The lowest BCUT2D eigenvalue weighted by Crippen LogP contribution is -2.50. The fourth-order valence-corrected chi connectivity index (χ4v) is 3.67. The van der Waals surface area contributed by atoms with Gasteiger partial charge in [-0.15, -0.1) is 0 Å². The summed E-state index contributed by atoms with van der Waals surface area (Å²) in [5.74, 6) is -0.138. The van der Waals surface area contributed by atoms with Crippen molar-refractivity contribution in [2.24, 2.45) is 0 Å². The topological polar surface area (TPSA) is 97.0 Å². The summed E-state index contributed by atoms with van der Waals surface area (Å²) in [6.07, 6.45) is 0. The number of benzene rings is 2. The molecule has 0 aromatic heterocycles. The van der Waals surface area contributed by atoms with Gasteiger partial charge in [-0.1, -0.05) is 42.0 Å². The van der Waals surface area contributed by atoms with Crippen LogP contribution in [0.2, 0.25) is 0 Å². The van der Waals surface area contributed by atoms with Crippen molar-refractivity contribution in [2.75, 3.05) is 20.3 Å². The number of urea groups is 1. The van der Waals surface area contributed by atoms with Crippen molar-refractivity contribution in [3.05, 3.63) is 76.5 Å². The number of nitrogens with one attached hydrogen (secondary N) is 2. The molecule has 2 aromatic rings. The van der Waals surface area contributed by atoms with E-state index in [4.69, 9.17) is 9.47 Å². The number of hydrogen-bond acceptors (Lipinski definition) is 5. The Bertz CT molecular complexity index is 1060. The smallest absolute Gasteiger partial charge is 0.338 e. The summed E-state index contributed by atoms with van der Waals surface area (Å²) < 4.78 is 10.4. The first-order valence-corrected chi connectivity index (χ1v) is 9.90. The lowest BCUT2D eigenvalue weighted by atomic mass is 9.95. The molecule has 2 heterocycles. The van der Waals surface area contributed by atoms with Crippen molar-refractivity contribution in [2.45, 2.75) is 19.5 Å². The quantitative estimate of drug-likeness (QED) is 0.697. The normalized spacial score (nSPS) is 17.7. The van der Waals surface area contributed by atoms with Gasteiger partial charge in [-0.2, -0.15) is 0 Å². The molecule has 4 rings (SSSR count). The van der Waals surface area contributed by atoms with E-state index in [1.54, 1.807) is 7.11 Å². The van der Waals surface area contributed by atoms with Crippen LogP contribution in [0.3, 0.4) is 0 Å². The van der Waals surface area contributed by atoms with Crippen molar-refractivity contribution >= 4 is 17.9 Å². The molecule has 8 nitrogen and oxygen atoms in total. The number of rotatable bonds is 6. The van der Waals surface area contributed by atoms with E-state index in [1.165, 1.54) is 4.90 Å². The summed E-state index contributed by atoms with van der Waals surface area (Å²) in [7, 11) is 1.58. The molecule has 31 heavy (non-hydrogen) atoms. The monoisotopic (exact) mass is 421 g/mol. The van der Waals surface area contributed by atoms with Crippen LogP contribution < -0.4 is 15.4 Å². The van der Waals surface area contributed by atoms with Gasteiger partial charge in [0.1, 0.15) is 18.9 Å². The highest BCUT2D eigenvalue weighted by molar-refractivity contribution is 5.98. The van der Waals surface area contributed by atoms with Crippen LogP contribution in [-0.4, -0.2) is 43.1 Å². The van der Waals surface area contributed by atoms with E-state index in [1.807, 2.05) is 55.5 Å². The van der Waals surface area contributed by atoms with E-state index in [0.717, 1.165) is 16.7 Å². The number of methoxy groups -OCH3 is 1. The second-order valence-electron chi connectivity index (χ2n) is 7.44. The van der Waals surface area contributed by atoms with Crippen LogP contribution in [0.4, 0.5) is 4.79 Å². The summed E-state index contributed by atoms with van der Waals surface area (Å²) >= 11 is 0. The van der Waals surface area contributed by atoms with Crippen LogP contribution in [0.1, 0.15) is 22.7 Å². The van der Waals surface area contributed by atoms with Crippen molar-refractivity contribution in [3.63, 3.8) is 0 Å². The zero-order valence-electron chi connectivity index (χ0n) is 17.3. The van der Waals surface area contributed by atoms with Crippen LogP contribution in [0.5, 0.6) is 5.75 Å². The molecule has 0 fully saturated rings. The fraction of sp³-hybridized carbons (Fsp3) is 0.261. The highest BCUT2D eigenvalue weighted by Gasteiger charge is 2.42. The zero-order valence-corrected chi connectivity index (χ0v) is 17.3. The maximum atomic E-state index is 12.8. The molecule has 2 N–H and O–H groups in total. The molecule has 2 aliphatic rings. The SMILES string of the molecule is COc1cccc(CNC(=O)CN2C(=O)N[C@H](c3ccc(C)cc3)C3=C2COC3=O)c1. The largest absolute Gasteiger partial charge is 0.497 e. The van der Waals surface area contributed by atoms with E-state index in [9.17, 15) is 14.4 Å². The number of aryl methyl sites for hydroxylation is 1. The highest BCUT2D eigenvalue weighted by atomic mass is 16.5. The van der Waals surface area contributed by atoms with E-state index >= 15 is 0 Å². The molecule has 2 aliphatic heterocycles. The number of esters is 1. The van der Waals surface area contributed by atoms with Crippen LogP contribution in [0.25, 0.3) is 0 Å². The molecular formula is C23H23N3O5. The first kappa shape index (κ1) is 20.5. The number of hydrogen-bond donors (Lipinski definition) is 2. The summed E-state index contributed by atoms with van der Waals surface area (Å²) in [5, 5.41) is 5.62. The molecule has 2 aromatic carbocycles. The molecule has 0 aliphatic carbocycles. The minimum absolute atomic E-state index is 0.0346. The molecule has 3 amide bonds. The van der Waals surface area contributed by atoms with Gasteiger partial charge in [-0.05, 0) is 30.2 Å². The molecule has 0 unspecified atom stereocenters. The Kier molecular flexibility index (Phi) is 5.62. The molecule has 1 atom stereocenters. The number of cyclic esters (lactones) is 1. The molecule has 0 radical (unpaired) electrons. The van der Waals surface area contributed by atoms with Gasteiger partial charge in [0.25, 0.3) is 0 Å². The fourth-order valence-electron chi connectivity index (χ4n) is 3.67. The summed E-state index contributed by atoms with van der Waals surface area (Å²) in [6.45, 7) is 2.00. The van der Waals surface area contributed by atoms with Crippen LogP contribution >= 0.6 is 0 Å². The Morgan fingerprint density at radius 2 is 2.00 bits per heavy atom. The van der Waals surface area contributed by atoms with E-state index in [2.05, 4.69) is 10.6 Å². The molecule has 160 valence electrons. The van der Waals surface area contributed by atoms with Crippen LogP contribution in [0, 0.1) is 6.92 Å². The third-order valence-corrected chi connectivity index (χ3v) is 5.33. The van der Waals surface area contributed by atoms with Gasteiger partial charge in [0.15, 0.2) is 0 Å². The molecule has 0 bridgehead atoms. The van der Waals surface area contributed by atoms with Crippen molar-refractivity contribution in [1.29, 1.82) is 0 Å². The van der Waals surface area contributed by atoms with Crippen LogP contribution in [-0.2, 0) is 20.9 Å². The second-order valence-corrected chi connectivity index (χ2v) is 7.44. The van der Waals surface area contributed by atoms with Crippen LogP contribution in [0.15, 0.2) is 59.8 Å². The molecule has 0 spiro atoms. The molecular weight excluding hydrogens is 398 g/mol. The van der Waals surface area contributed by atoms with E-state index < -0.39 is 18.0 Å². The lowest BCUT2D eigenvalue weighted by Gasteiger charge is -2.32. The predicted molar refractivity (Wildman–Crippen MR) is 112 cm³/mol. The van der Waals surface area contributed by atoms with Crippen molar-refractivity contribution in [3.8, 4) is 5.75 Å². The van der Waals surface area contributed by atoms with Gasteiger partial charge in [-0.25, -0.2) is 9.59 Å². The van der Waals surface area contributed by atoms with Gasteiger partial charge in [0, 0.05) is 6.54 Å². The lowest BCUT2D eigenvalue weighted by molar-refractivity contribution is -0.136. The number of carbonyl (C=O) groups excluding carboxylic acids is 3. The number of nitrogens with zero attached hydrogens (tertiary/aromatic N) is 1. The first-order chi connectivity index (χ1) is 15.0. The van der Waals surface area contributed by atoms with Gasteiger partial charge < -0.3 is 20.1 Å². The van der Waals surface area contributed by atoms with Gasteiger partial charge in [0.2, 0.25) is 5.91 Å². The summed E-state index contributed by atoms with van der Waals surface area (Å²) in [4.78, 5) is 39.0. The third-order valence-electron chi connectivity index (χ3n) is 5.33. The van der Waals surface area contributed by atoms with Gasteiger partial charge in [-0.3, -0.25) is 9.69 Å². The summed E-state index contributed by atoms with van der Waals surface area (Å²) in [5.41, 5.74) is 3.52. The zero-order chi connectivity index (χ0) is 22.0. The van der Waals surface area contributed by atoms with Gasteiger partial charge in [0.05, 0.1) is 24.4 Å². The second kappa shape index (κ2) is 8.51. The minimum atomic E-state index is -0.603. The van der Waals surface area contributed by atoms with Gasteiger partial charge >= 0.3 is 12.0 Å². The Balaban J connectivity index is 1.50. The maximum Gasteiger partial charge on any atom is 0.338 e. The highest BCUT2D eigenvalue weighted by Crippen LogP contribution is 2.34. The predicted octanol–water partition coefficient (Wildman–Crippen LogP) is 2.20. The Labute approximate surface area is 179 Å².